The molecule has 2 N–H and O–H groups in total. The van der Waals surface area contributed by atoms with E-state index in [1.54, 1.807) is 13.0 Å². The SMILES string of the molecule is CCOC(=O)C=Cc1ccc(F)c(OCC(O)CNC(C)(C)CC2Cc3ccccc3C2)c1. The first kappa shape index (κ1) is 24.9. The van der Waals surface area contributed by atoms with Crippen LogP contribution in [0.3, 0.4) is 0 Å². The molecule has 2 aromatic rings. The first-order chi connectivity index (χ1) is 15.8. The highest BCUT2D eigenvalue weighted by molar-refractivity contribution is 5.87. The molecule has 0 aromatic heterocycles. The van der Waals surface area contributed by atoms with Gasteiger partial charge in [0.1, 0.15) is 12.7 Å². The summed E-state index contributed by atoms with van der Waals surface area (Å²) in [7, 11) is 0. The summed E-state index contributed by atoms with van der Waals surface area (Å²) in [5.74, 6) is -0.375. The molecule has 0 spiro atoms. The summed E-state index contributed by atoms with van der Waals surface area (Å²) >= 11 is 0. The molecule has 1 aliphatic carbocycles. The number of aliphatic hydroxyl groups is 1. The van der Waals surface area contributed by atoms with Gasteiger partial charge in [-0.15, -0.1) is 0 Å². The zero-order chi connectivity index (χ0) is 23.8. The van der Waals surface area contributed by atoms with Gasteiger partial charge >= 0.3 is 5.97 Å². The molecule has 6 heteroatoms. The van der Waals surface area contributed by atoms with E-state index in [2.05, 4.69) is 43.4 Å². The summed E-state index contributed by atoms with van der Waals surface area (Å²) in [6.07, 6.45) is 5.21. The van der Waals surface area contributed by atoms with Gasteiger partial charge in [0.25, 0.3) is 0 Å². The summed E-state index contributed by atoms with van der Waals surface area (Å²) < 4.78 is 24.5. The molecule has 2 aromatic carbocycles. The minimum Gasteiger partial charge on any atom is -0.488 e. The van der Waals surface area contributed by atoms with Crippen LogP contribution in [-0.4, -0.2) is 42.5 Å². The van der Waals surface area contributed by atoms with Crippen molar-refractivity contribution < 1.29 is 23.8 Å². The van der Waals surface area contributed by atoms with Crippen LogP contribution in [-0.2, 0) is 22.4 Å². The number of rotatable bonds is 11. The van der Waals surface area contributed by atoms with E-state index in [-0.39, 0.29) is 24.5 Å². The average Bonchev–Trinajstić information content (AvgIpc) is 3.18. The zero-order valence-corrected chi connectivity index (χ0v) is 19.6. The maximum Gasteiger partial charge on any atom is 0.330 e. The molecule has 33 heavy (non-hydrogen) atoms. The second-order valence-corrected chi connectivity index (χ2v) is 9.25. The Hall–Kier alpha value is -2.70. The normalized spacial score (nSPS) is 14.9. The first-order valence-electron chi connectivity index (χ1n) is 11.5. The Morgan fingerprint density at radius 3 is 2.61 bits per heavy atom. The van der Waals surface area contributed by atoms with Crippen molar-refractivity contribution in [3.63, 3.8) is 0 Å². The van der Waals surface area contributed by atoms with Crippen molar-refractivity contribution in [2.75, 3.05) is 19.8 Å². The van der Waals surface area contributed by atoms with Crippen LogP contribution >= 0.6 is 0 Å². The number of hydrogen-bond acceptors (Lipinski definition) is 5. The standard InChI is InChI=1S/C27H34FNO4/c1-4-32-26(31)12-10-19-9-11-24(28)25(15-19)33-18-23(30)17-29-27(2,3)16-20-13-21-7-5-6-8-22(21)14-20/h5-12,15,20,23,29-30H,4,13-14,16-18H2,1-3H3. The van der Waals surface area contributed by atoms with E-state index in [0.717, 1.165) is 19.3 Å². The molecule has 0 heterocycles. The predicted molar refractivity (Wildman–Crippen MR) is 128 cm³/mol. The van der Waals surface area contributed by atoms with E-state index in [1.807, 2.05) is 0 Å². The van der Waals surface area contributed by atoms with Crippen LogP contribution in [0.4, 0.5) is 4.39 Å². The maximum atomic E-state index is 14.1. The molecule has 5 nitrogen and oxygen atoms in total. The molecule has 0 bridgehead atoms. The van der Waals surface area contributed by atoms with E-state index in [0.29, 0.717) is 18.0 Å². The van der Waals surface area contributed by atoms with Crippen molar-refractivity contribution in [2.45, 2.75) is 51.7 Å². The van der Waals surface area contributed by atoms with Gasteiger partial charge in [0, 0.05) is 18.2 Å². The Bertz CT molecular complexity index is 947. The Kier molecular flexibility index (Phi) is 8.64. The number of β-amino-alcohol motifs (C(OH)–C–C–N with tert-alkyl or cyclic N) is 1. The fourth-order valence-electron chi connectivity index (χ4n) is 4.32. The van der Waals surface area contributed by atoms with Crippen molar-refractivity contribution in [1.82, 2.24) is 5.32 Å². The van der Waals surface area contributed by atoms with Gasteiger partial charge in [0.2, 0.25) is 0 Å². The molecule has 0 aliphatic heterocycles. The van der Waals surface area contributed by atoms with Crippen LogP contribution in [0.15, 0.2) is 48.5 Å². The average molecular weight is 456 g/mol. The molecule has 0 saturated carbocycles. The summed E-state index contributed by atoms with van der Waals surface area (Å²) in [5, 5.41) is 13.8. The Morgan fingerprint density at radius 2 is 1.94 bits per heavy atom. The largest absolute Gasteiger partial charge is 0.488 e. The lowest BCUT2D eigenvalue weighted by Gasteiger charge is -2.30. The van der Waals surface area contributed by atoms with Gasteiger partial charge in [0.15, 0.2) is 11.6 Å². The highest BCUT2D eigenvalue weighted by Gasteiger charge is 2.28. The maximum absolute atomic E-state index is 14.1. The molecule has 0 fully saturated rings. The van der Waals surface area contributed by atoms with Gasteiger partial charge in [-0.3, -0.25) is 0 Å². The van der Waals surface area contributed by atoms with Crippen molar-refractivity contribution in [3.8, 4) is 5.75 Å². The number of nitrogens with one attached hydrogen (secondary N) is 1. The van der Waals surface area contributed by atoms with Gasteiger partial charge in [-0.1, -0.05) is 30.3 Å². The molecule has 0 radical (unpaired) electrons. The Morgan fingerprint density at radius 1 is 1.24 bits per heavy atom. The van der Waals surface area contributed by atoms with Crippen LogP contribution in [0.5, 0.6) is 5.75 Å². The number of aliphatic hydroxyl groups excluding tert-OH is 1. The topological polar surface area (TPSA) is 67.8 Å². The lowest BCUT2D eigenvalue weighted by atomic mass is 9.88. The smallest absolute Gasteiger partial charge is 0.330 e. The second kappa shape index (κ2) is 11.4. The molecule has 1 unspecified atom stereocenters. The number of carbonyl (C=O) groups is 1. The van der Waals surface area contributed by atoms with Gasteiger partial charge in [0.05, 0.1) is 6.61 Å². The van der Waals surface area contributed by atoms with Crippen LogP contribution in [0, 0.1) is 11.7 Å². The summed E-state index contributed by atoms with van der Waals surface area (Å²) in [6, 6.07) is 12.9. The molecular weight excluding hydrogens is 421 g/mol. The highest BCUT2D eigenvalue weighted by atomic mass is 19.1. The summed E-state index contributed by atoms with van der Waals surface area (Å²) in [6.45, 7) is 6.60. The number of esters is 1. The number of ether oxygens (including phenoxy) is 2. The highest BCUT2D eigenvalue weighted by Crippen LogP contribution is 2.31. The fourth-order valence-corrected chi connectivity index (χ4v) is 4.32. The number of carbonyl (C=O) groups excluding carboxylic acids is 1. The third-order valence-corrected chi connectivity index (χ3v) is 5.84. The number of halogens is 1. The lowest BCUT2D eigenvalue weighted by molar-refractivity contribution is -0.137. The molecule has 0 amide bonds. The van der Waals surface area contributed by atoms with Crippen LogP contribution in [0.25, 0.3) is 6.08 Å². The van der Waals surface area contributed by atoms with Gasteiger partial charge < -0.3 is 19.9 Å². The number of fused-ring (bicyclic) bond motifs is 1. The third-order valence-electron chi connectivity index (χ3n) is 5.84. The molecule has 1 aliphatic rings. The van der Waals surface area contributed by atoms with Crippen LogP contribution in [0.1, 0.15) is 43.9 Å². The third kappa shape index (κ3) is 7.69. The second-order valence-electron chi connectivity index (χ2n) is 9.25. The molecule has 178 valence electrons. The zero-order valence-electron chi connectivity index (χ0n) is 19.6. The first-order valence-corrected chi connectivity index (χ1v) is 11.5. The van der Waals surface area contributed by atoms with E-state index in [4.69, 9.17) is 9.47 Å². The summed E-state index contributed by atoms with van der Waals surface area (Å²) in [4.78, 5) is 11.4. The van der Waals surface area contributed by atoms with Gasteiger partial charge in [-0.25, -0.2) is 9.18 Å². The minimum atomic E-state index is -0.789. The molecule has 1 atom stereocenters. The van der Waals surface area contributed by atoms with E-state index < -0.39 is 17.9 Å². The molecule has 0 saturated heterocycles. The van der Waals surface area contributed by atoms with Crippen LogP contribution in [0.2, 0.25) is 0 Å². The fraction of sp³-hybridized carbons (Fsp3) is 0.444. The van der Waals surface area contributed by atoms with Gasteiger partial charge in [-0.05, 0) is 80.9 Å². The lowest BCUT2D eigenvalue weighted by Crippen LogP contribution is -2.46. The van der Waals surface area contributed by atoms with Crippen LogP contribution < -0.4 is 10.1 Å². The van der Waals surface area contributed by atoms with Gasteiger partial charge in [-0.2, -0.15) is 0 Å². The molecule has 3 rings (SSSR count). The van der Waals surface area contributed by atoms with Crippen molar-refractivity contribution in [3.05, 3.63) is 71.0 Å². The predicted octanol–water partition coefficient (Wildman–Crippen LogP) is 4.32. The number of hydrogen-bond donors (Lipinski definition) is 2. The Labute approximate surface area is 195 Å². The summed E-state index contributed by atoms with van der Waals surface area (Å²) in [5.41, 5.74) is 3.34. The number of benzene rings is 2. The molecular formula is C27H34FNO4. The Balaban J connectivity index is 1.45. The van der Waals surface area contributed by atoms with E-state index in [9.17, 15) is 14.3 Å². The van der Waals surface area contributed by atoms with E-state index in [1.165, 1.54) is 35.4 Å². The quantitative estimate of drug-likeness (QED) is 0.390. The minimum absolute atomic E-state index is 0.0306. The van der Waals surface area contributed by atoms with E-state index >= 15 is 0 Å². The van der Waals surface area contributed by atoms with Crippen molar-refractivity contribution >= 4 is 12.0 Å². The van der Waals surface area contributed by atoms with Crippen molar-refractivity contribution in [2.24, 2.45) is 5.92 Å². The van der Waals surface area contributed by atoms with Crippen molar-refractivity contribution in [1.29, 1.82) is 0 Å². The monoisotopic (exact) mass is 455 g/mol.